The number of aliphatic hydroxyl groups excluding tert-OH is 1. The van der Waals surface area contributed by atoms with Crippen LogP contribution in [0.25, 0.3) is 0 Å². The van der Waals surface area contributed by atoms with Crippen LogP contribution in [0.2, 0.25) is 0 Å². The summed E-state index contributed by atoms with van der Waals surface area (Å²) < 4.78 is 96.2. The Labute approximate surface area is 873 Å². The molecule has 5 aromatic heterocycles. The third-order valence-corrected chi connectivity index (χ3v) is 22.1. The lowest BCUT2D eigenvalue weighted by atomic mass is 10.1. The molecule has 6 aromatic carbocycles. The number of hydrogen-bond acceptors (Lipinski definition) is 42. The largest absolute Gasteiger partial charge is 0.388 e. The number of aryl methyl sites for hydroxylation is 1. The number of Topliss-reactive ketones (excluding diaryl/α,β-unsaturated/α-hetero) is 4. The van der Waals surface area contributed by atoms with Crippen molar-refractivity contribution in [1.82, 2.24) is 110 Å². The summed E-state index contributed by atoms with van der Waals surface area (Å²) in [5, 5.41) is 119. The predicted molar refractivity (Wildman–Crippen MR) is 527 cm³/mol. The van der Waals surface area contributed by atoms with Crippen LogP contribution in [0, 0.1) is 35.0 Å². The summed E-state index contributed by atoms with van der Waals surface area (Å²) in [7, 11) is 0. The molecule has 0 atom stereocenters. The van der Waals surface area contributed by atoms with Crippen LogP contribution >= 0.6 is 79.6 Å². The number of nitrogens with zero attached hydrogens (tertiary/aromatic N) is 16. The molecule has 6 amide bonds. The van der Waals surface area contributed by atoms with Gasteiger partial charge in [0.15, 0.2) is 57.6 Å². The van der Waals surface area contributed by atoms with Crippen LogP contribution in [-0.4, -0.2) is 274 Å². The molecule has 0 radical (unpaired) electrons. The minimum Gasteiger partial charge on any atom is -0.388 e. The number of amidine groups is 5. The molecule has 1 aliphatic heterocycles. The molecule has 148 heavy (non-hydrogen) atoms. The number of benzene rings is 6. The van der Waals surface area contributed by atoms with Crippen LogP contribution in [0.5, 0.6) is 0 Å². The Morgan fingerprint density at radius 1 is 0.358 bits per heavy atom. The molecule has 21 N–H and O–H groups in total. The topological polar surface area (TPSA) is 741 Å². The van der Waals surface area contributed by atoms with E-state index in [0.717, 1.165) is 18.4 Å². The second-order valence-corrected chi connectivity index (χ2v) is 34.0. The van der Waals surface area contributed by atoms with Gasteiger partial charge in [-0.15, -0.1) is 0 Å². The van der Waals surface area contributed by atoms with Gasteiger partial charge in [-0.1, -0.05) is 37.3 Å². The van der Waals surface area contributed by atoms with E-state index in [1.807, 2.05) is 64.7 Å². The lowest BCUT2D eigenvalue weighted by molar-refractivity contribution is -0.148. The molecule has 0 bridgehead atoms. The second-order valence-electron chi connectivity index (χ2n) is 29.7. The minimum atomic E-state index is -0.955. The summed E-state index contributed by atoms with van der Waals surface area (Å²) in [5.41, 5.74) is 12.3. The van der Waals surface area contributed by atoms with Crippen molar-refractivity contribution in [2.75, 3.05) is 125 Å². The third-order valence-electron chi connectivity index (χ3n) is 19.1. The Morgan fingerprint density at radius 3 is 0.892 bits per heavy atom. The highest BCUT2D eigenvalue weighted by Crippen LogP contribution is 2.33. The van der Waals surface area contributed by atoms with Gasteiger partial charge in [-0.2, -0.15) is 0 Å². The lowest BCUT2D eigenvalue weighted by Gasteiger charge is -2.26. The summed E-state index contributed by atoms with van der Waals surface area (Å²) >= 11 is 15.3. The Morgan fingerprint density at radius 2 is 0.628 bits per heavy atom. The SMILES string of the molecule is CCCC(=O)C(=O)NCCNc1nonc1C(=Nc1ccc(F)c(Br)c1)NO.O=C(CC1CC1)C(=O)NCCNc1nonc1C(=Nc1ccc(F)c(Br)c1)NO.O=C(CCc1ccccc1)C(=O)NCCNc1nonc1C(=Nc1ccc(F)c(Br)c1)NO.O=C(CO)C(=O)NCCNc1nonc1C(=Nc1ccc(F)c(Br)c1)NO.O=C(NCCNc1nonc1C(=Nc1ccc(F)c(Br)c1)NO)C(=O)N1CCOCC1. The van der Waals surface area contributed by atoms with Gasteiger partial charge in [-0.25, -0.2) is 70.1 Å². The zero-order chi connectivity index (χ0) is 107. The standard InChI is InChI=1S/C21H20BrFN6O4.C17H19BrFN7O5.C17H18BrFN6O4.C16H18BrFN6O4.C14H14BrFN6O5/c22-15-12-14(7-8-16(15)23)26-20(27-32)18-19(29-33-28-18)24-10-11-25-21(31)17(30)9-6-13-4-2-1-3-5-13;18-11-9-10(1-2-12(11)19)22-15(23-29)13-14(25-31-24-13)20-3-4-21-16(27)17(28)26-5-7-30-8-6-26;18-11-8-10(3-4-12(11)19)22-16(23-28)14-15(25-29-24-14)20-5-6-21-17(27)13(26)7-9-1-2-9;1-2-3-12(25)16(26)20-7-6-19-14-13(23-28-24-14)15(22-27)21-9-4-5-11(18)10(17)8-9;15-8-5-7(1-2-9(8)16)19-13(20-26)11-12(22-27-21-11)17-3-4-18-14(25)10(24)6-23/h1-5,7-8,12,32H,6,9-11H2,(H,24,29)(H,25,31)(H,26,27);1-2,9,29H,3-8H2,(H,20,25)(H,21,27)(H,22,23);3-4,8-9,28H,1-2,5-7H2,(H,20,25)(H,21,27)(H,22,23);4-5,8,27H,2-3,6-7H2,1H3,(H,19,24)(H,20,26)(H,21,22);1-2,5,23,26H,3-4,6H2,(H,17,22)(H,18,25)(H,19,20). The lowest BCUT2D eigenvalue weighted by Crippen LogP contribution is -2.48. The maximum absolute atomic E-state index is 13.4. The van der Waals surface area contributed by atoms with Gasteiger partial charge in [-0.05, 0) is 259 Å². The van der Waals surface area contributed by atoms with Gasteiger partial charge in [0.05, 0.1) is 64.0 Å². The zero-order valence-electron chi connectivity index (χ0n) is 76.8. The van der Waals surface area contributed by atoms with E-state index in [9.17, 15) is 95.9 Å². The maximum Gasteiger partial charge on any atom is 0.312 e. The number of aromatic nitrogens is 10. The fourth-order valence-corrected chi connectivity index (χ4v) is 13.5. The summed E-state index contributed by atoms with van der Waals surface area (Å²) in [5.74, 6) is -8.33. The van der Waals surface area contributed by atoms with E-state index >= 15 is 0 Å². The van der Waals surface area contributed by atoms with Gasteiger partial charge < -0.3 is 67.9 Å². The van der Waals surface area contributed by atoms with Gasteiger partial charge in [-0.3, -0.25) is 101 Å². The van der Waals surface area contributed by atoms with Crippen LogP contribution in [0.15, 0.2) is 192 Å². The van der Waals surface area contributed by atoms with Crippen LogP contribution in [-0.2, 0) is 59.1 Å². The van der Waals surface area contributed by atoms with E-state index in [1.165, 1.54) is 95.9 Å². The quantitative estimate of drug-likeness (QED) is 0.00451. The minimum absolute atomic E-state index is 0.0238. The summed E-state index contributed by atoms with van der Waals surface area (Å²) in [6, 6.07) is 29.5. The molecular formula is C85H89Br5F5N31O22. The van der Waals surface area contributed by atoms with Crippen molar-refractivity contribution in [2.24, 2.45) is 30.9 Å². The number of ether oxygens (including phenoxy) is 1. The van der Waals surface area contributed by atoms with Gasteiger partial charge in [0.1, 0.15) is 35.7 Å². The van der Waals surface area contributed by atoms with Crippen molar-refractivity contribution in [3.05, 3.63) is 207 Å². The molecule has 63 heteroatoms. The van der Waals surface area contributed by atoms with Crippen molar-refractivity contribution in [1.29, 1.82) is 0 Å². The number of amides is 6. The fourth-order valence-electron chi connectivity index (χ4n) is 11.6. The fraction of sp³-hybridized carbons (Fsp3) is 0.282. The zero-order valence-corrected chi connectivity index (χ0v) is 84.8. The third kappa shape index (κ3) is 37.6. The monoisotopic (exact) mass is 2390 g/mol. The number of ketones is 4. The van der Waals surface area contributed by atoms with E-state index < -0.39 is 94.3 Å². The van der Waals surface area contributed by atoms with Crippen LogP contribution in [0.1, 0.15) is 79.5 Å². The van der Waals surface area contributed by atoms with E-state index in [4.69, 9.17) is 14.5 Å². The molecular weight excluding hydrogens is 2300 g/mol. The van der Waals surface area contributed by atoms with E-state index in [2.05, 4.69) is 228 Å². The Kier molecular flexibility index (Phi) is 48.0. The molecule has 53 nitrogen and oxygen atoms in total. The highest BCUT2D eigenvalue weighted by atomic mass is 79.9. The number of halogens is 10. The molecule has 786 valence electrons. The van der Waals surface area contributed by atoms with Crippen LogP contribution in [0.4, 0.5) is 79.5 Å². The van der Waals surface area contributed by atoms with Crippen LogP contribution < -0.4 is 80.6 Å². The Balaban J connectivity index is 0.000000206. The van der Waals surface area contributed by atoms with Gasteiger partial charge in [0, 0.05) is 97.8 Å². The molecule has 2 aliphatic rings. The van der Waals surface area contributed by atoms with E-state index in [-0.39, 0.29) is 194 Å². The molecule has 13 rings (SSSR count). The number of aliphatic imine (C=N–C) groups is 5. The first-order valence-corrected chi connectivity index (χ1v) is 47.4. The number of nitrogens with one attached hydrogen (secondary N) is 15. The molecule has 1 aliphatic carbocycles. The van der Waals surface area contributed by atoms with Crippen molar-refractivity contribution < 1.29 is 129 Å². The van der Waals surface area contributed by atoms with Crippen molar-refractivity contribution in [2.45, 2.75) is 51.9 Å². The number of carbonyl (C=O) groups is 10. The van der Waals surface area contributed by atoms with Gasteiger partial charge in [0.2, 0.25) is 52.2 Å². The number of carbonyl (C=O) groups excluding carboxylic acids is 10. The molecule has 1 saturated heterocycles. The summed E-state index contributed by atoms with van der Waals surface area (Å²) in [4.78, 5) is 139. The highest BCUT2D eigenvalue weighted by Gasteiger charge is 2.30. The number of rotatable bonds is 42. The number of anilines is 5. The average Bonchev–Trinajstić information content (AvgIpc) is 1.67. The molecule has 1 saturated carbocycles. The molecule has 11 aromatic rings. The number of hydrogen-bond donors (Lipinski definition) is 21. The van der Waals surface area contributed by atoms with Crippen molar-refractivity contribution in [3.8, 4) is 0 Å². The Hall–Kier alpha value is -15.4. The molecule has 6 heterocycles. The van der Waals surface area contributed by atoms with Gasteiger partial charge in [0.25, 0.3) is 23.6 Å². The number of morpholine rings is 1. The van der Waals surface area contributed by atoms with E-state index in [1.54, 1.807) is 0 Å². The number of aliphatic hydroxyl groups is 1. The first-order chi connectivity index (χ1) is 71.3. The molecule has 2 fully saturated rings. The summed E-state index contributed by atoms with van der Waals surface area (Å²) in [6.45, 7) is 4.06. The van der Waals surface area contributed by atoms with Gasteiger partial charge >= 0.3 is 11.8 Å². The second kappa shape index (κ2) is 61.2. The first kappa shape index (κ1) is 116. The average molecular weight is 2390 g/mol. The van der Waals surface area contributed by atoms with Crippen LogP contribution in [0.3, 0.4) is 0 Å². The predicted octanol–water partition coefficient (Wildman–Crippen LogP) is 7.14. The normalized spacial score (nSPS) is 12.4. The molecule has 0 spiro atoms. The van der Waals surface area contributed by atoms with Crippen molar-refractivity contribution in [3.63, 3.8) is 0 Å². The maximum atomic E-state index is 13.4. The first-order valence-electron chi connectivity index (χ1n) is 43.4. The number of hydroxylamine groups is 5. The highest BCUT2D eigenvalue weighted by molar-refractivity contribution is 9.11. The Bertz CT molecular complexity index is 6530. The van der Waals surface area contributed by atoms with Crippen molar-refractivity contribution >= 4 is 225 Å². The van der Waals surface area contributed by atoms with E-state index in [0.29, 0.717) is 73.5 Å². The molecule has 0 unspecified atom stereocenters. The smallest absolute Gasteiger partial charge is 0.312 e. The summed E-state index contributed by atoms with van der Waals surface area (Å²) in [6.07, 6.45) is 3.68.